The van der Waals surface area contributed by atoms with Crippen molar-refractivity contribution in [3.8, 4) is 0 Å². The van der Waals surface area contributed by atoms with Crippen LogP contribution >= 0.6 is 0 Å². The van der Waals surface area contributed by atoms with E-state index in [9.17, 15) is 0 Å². The SMILES string of the molecule is OB(O)O.OB(O)O.OB(O)O.OB(O)O.[NaH].[NaH]. The molecule has 0 amide bonds. The summed E-state index contributed by atoms with van der Waals surface area (Å²) in [6.45, 7) is 0. The van der Waals surface area contributed by atoms with Crippen molar-refractivity contribution in [2.45, 2.75) is 0 Å². The molecule has 0 aromatic heterocycles. The van der Waals surface area contributed by atoms with Crippen LogP contribution in [0.15, 0.2) is 0 Å². The zero-order valence-electron chi connectivity index (χ0n) is 7.68. The molecule has 0 radical (unpaired) electrons. The van der Waals surface area contributed by atoms with Gasteiger partial charge in [-0.1, -0.05) is 0 Å². The van der Waals surface area contributed by atoms with Crippen molar-refractivity contribution in [3.63, 3.8) is 0 Å². The van der Waals surface area contributed by atoms with E-state index in [1.807, 2.05) is 0 Å². The van der Waals surface area contributed by atoms with Gasteiger partial charge in [-0.15, -0.1) is 0 Å². The molecule has 12 nitrogen and oxygen atoms in total. The molecule has 0 saturated heterocycles. The first kappa shape index (κ1) is 36.7. The molecular weight excluding hydrogens is 281 g/mol. The van der Waals surface area contributed by atoms with Gasteiger partial charge < -0.3 is 60.3 Å². The molecule has 0 aromatic carbocycles. The van der Waals surface area contributed by atoms with Crippen LogP contribution in [0.5, 0.6) is 0 Å². The molecule has 0 bridgehead atoms. The van der Waals surface area contributed by atoms with Crippen molar-refractivity contribution < 1.29 is 60.3 Å². The van der Waals surface area contributed by atoms with Crippen LogP contribution in [0, 0.1) is 0 Å². The molecule has 0 saturated carbocycles. The summed E-state index contributed by atoms with van der Waals surface area (Å²) in [6.07, 6.45) is 0. The molecule has 0 heterocycles. The van der Waals surface area contributed by atoms with Crippen molar-refractivity contribution >= 4 is 88.4 Å². The fourth-order valence-electron chi connectivity index (χ4n) is 0. The first-order chi connectivity index (χ1) is 6.93. The molecule has 0 atom stereocenters. The van der Waals surface area contributed by atoms with E-state index >= 15 is 0 Å². The average molecular weight is 295 g/mol. The first-order valence-corrected chi connectivity index (χ1v) is 3.10. The van der Waals surface area contributed by atoms with E-state index in [1.165, 1.54) is 0 Å². The van der Waals surface area contributed by atoms with E-state index in [0.29, 0.717) is 0 Å². The number of rotatable bonds is 0. The molecular formula is H14B4Na2O12. The molecule has 12 N–H and O–H groups in total. The Morgan fingerprint density at radius 1 is 0.278 bits per heavy atom. The molecule has 0 unspecified atom stereocenters. The Morgan fingerprint density at radius 2 is 0.278 bits per heavy atom. The van der Waals surface area contributed by atoms with Gasteiger partial charge in [0.1, 0.15) is 0 Å². The standard InChI is InChI=1S/4BH3O3.2Na.2H/c4*2-1(3)4;;;;/h4*2-4H;;;;. The van der Waals surface area contributed by atoms with Crippen molar-refractivity contribution in [2.24, 2.45) is 0 Å². The first-order valence-electron chi connectivity index (χ1n) is 3.10. The van der Waals surface area contributed by atoms with E-state index in [1.54, 1.807) is 0 Å². The summed E-state index contributed by atoms with van der Waals surface area (Å²) in [4.78, 5) is 0. The third kappa shape index (κ3) is 1580. The van der Waals surface area contributed by atoms with Crippen LogP contribution < -0.4 is 0 Å². The van der Waals surface area contributed by atoms with Gasteiger partial charge in [0.25, 0.3) is 0 Å². The molecule has 0 aliphatic heterocycles. The van der Waals surface area contributed by atoms with Gasteiger partial charge in [0, 0.05) is 0 Å². The van der Waals surface area contributed by atoms with Crippen molar-refractivity contribution in [2.75, 3.05) is 0 Å². The maximum atomic E-state index is 7.17. The molecule has 100 valence electrons. The van der Waals surface area contributed by atoms with E-state index < -0.39 is 29.3 Å². The molecule has 0 aromatic rings. The van der Waals surface area contributed by atoms with Crippen LogP contribution in [-0.4, -0.2) is 149 Å². The predicted octanol–water partition coefficient (Wildman–Crippen LogP) is -9.50. The van der Waals surface area contributed by atoms with Crippen LogP contribution in [0.4, 0.5) is 0 Å². The minimum absolute atomic E-state index is 0. The Hall–Kier alpha value is 1.78. The fraction of sp³-hybridized carbons (Fsp3) is 0. The molecule has 18 heteroatoms. The maximum absolute atomic E-state index is 7.17. The van der Waals surface area contributed by atoms with Crippen LogP contribution in [0.3, 0.4) is 0 Å². The third-order valence-electron chi connectivity index (χ3n) is 0. The second-order valence-electron chi connectivity index (χ2n) is 1.39. The minimum atomic E-state index is -2.17. The number of hydrogen-bond donors (Lipinski definition) is 12. The molecule has 18 heavy (non-hydrogen) atoms. The summed E-state index contributed by atoms with van der Waals surface area (Å²) in [7, 11) is -8.67. The van der Waals surface area contributed by atoms with E-state index in [-0.39, 0.29) is 59.1 Å². The van der Waals surface area contributed by atoms with Gasteiger partial charge in [-0.2, -0.15) is 0 Å². The van der Waals surface area contributed by atoms with Crippen LogP contribution in [0.25, 0.3) is 0 Å². The summed E-state index contributed by atoms with van der Waals surface area (Å²) < 4.78 is 0. The second kappa shape index (κ2) is 31.3. The molecule has 0 aliphatic rings. The molecule has 0 rings (SSSR count). The Morgan fingerprint density at radius 3 is 0.278 bits per heavy atom. The van der Waals surface area contributed by atoms with Gasteiger partial charge >= 0.3 is 88.4 Å². The Balaban J connectivity index is -0.0000000257. The van der Waals surface area contributed by atoms with Gasteiger partial charge in [-0.05, 0) is 0 Å². The summed E-state index contributed by atoms with van der Waals surface area (Å²) in [5.74, 6) is 0. The summed E-state index contributed by atoms with van der Waals surface area (Å²) in [6, 6.07) is 0. The van der Waals surface area contributed by atoms with E-state index in [0.717, 1.165) is 0 Å². The predicted molar refractivity (Wildman–Crippen MR) is 63.9 cm³/mol. The van der Waals surface area contributed by atoms with Crippen LogP contribution in [0.1, 0.15) is 0 Å². The van der Waals surface area contributed by atoms with Crippen LogP contribution in [0.2, 0.25) is 0 Å². The normalized spacial score (nSPS) is 6.00. The quantitative estimate of drug-likeness (QED) is 0.186. The zero-order valence-corrected chi connectivity index (χ0v) is 7.68. The summed E-state index contributed by atoms with van der Waals surface area (Å²) in [5, 5.41) is 86.0. The van der Waals surface area contributed by atoms with Crippen molar-refractivity contribution in [3.05, 3.63) is 0 Å². The van der Waals surface area contributed by atoms with Crippen molar-refractivity contribution in [1.29, 1.82) is 0 Å². The van der Waals surface area contributed by atoms with Gasteiger partial charge in [0.15, 0.2) is 0 Å². The molecule has 0 spiro atoms. The topological polar surface area (TPSA) is 243 Å². The second-order valence-corrected chi connectivity index (χ2v) is 1.39. The number of hydrogen-bond acceptors (Lipinski definition) is 12. The van der Waals surface area contributed by atoms with E-state index in [4.69, 9.17) is 60.3 Å². The zero-order chi connectivity index (χ0) is 14.3. The fourth-order valence-corrected chi connectivity index (χ4v) is 0. The summed E-state index contributed by atoms with van der Waals surface area (Å²) >= 11 is 0. The van der Waals surface area contributed by atoms with Gasteiger partial charge in [0.2, 0.25) is 0 Å². The van der Waals surface area contributed by atoms with Gasteiger partial charge in [-0.25, -0.2) is 0 Å². The monoisotopic (exact) mass is 296 g/mol. The Kier molecular flexibility index (Phi) is 63.8. The van der Waals surface area contributed by atoms with Crippen LogP contribution in [-0.2, 0) is 0 Å². The Labute approximate surface area is 147 Å². The summed E-state index contributed by atoms with van der Waals surface area (Å²) in [5.41, 5.74) is 0. The Bertz CT molecular complexity index is 65.1. The third-order valence-corrected chi connectivity index (χ3v) is 0. The molecule has 0 fully saturated rings. The van der Waals surface area contributed by atoms with E-state index in [2.05, 4.69) is 0 Å². The van der Waals surface area contributed by atoms with Gasteiger partial charge in [0.05, 0.1) is 0 Å². The molecule has 0 aliphatic carbocycles. The van der Waals surface area contributed by atoms with Crippen molar-refractivity contribution in [1.82, 2.24) is 0 Å². The van der Waals surface area contributed by atoms with Gasteiger partial charge in [-0.3, -0.25) is 0 Å². The average Bonchev–Trinajstić information content (AvgIpc) is 1.76.